The molecule has 1 rings (SSSR count). The molecule has 1 saturated heterocycles. The van der Waals surface area contributed by atoms with Gasteiger partial charge in [-0.05, 0) is 12.8 Å². The second-order valence-electron chi connectivity index (χ2n) is 4.56. The molecule has 1 heterocycles. The maximum absolute atomic E-state index is 13.1. The molecule has 0 aliphatic carbocycles. The Labute approximate surface area is 108 Å². The fourth-order valence-corrected chi connectivity index (χ4v) is 1.93. The van der Waals surface area contributed by atoms with Crippen molar-refractivity contribution in [3.63, 3.8) is 0 Å². The number of likely N-dealkylation sites (tertiary alicyclic amines) is 1. The molecule has 0 radical (unpaired) electrons. The minimum absolute atomic E-state index is 0.0858. The summed E-state index contributed by atoms with van der Waals surface area (Å²) in [6.45, 7) is -0.755. The predicted molar refractivity (Wildman–Crippen MR) is 60.1 cm³/mol. The number of carboxylic acid groups (broad SMARTS) is 1. The normalized spacial score (nSPS) is 22.8. The van der Waals surface area contributed by atoms with Crippen molar-refractivity contribution in [2.75, 3.05) is 6.54 Å². The lowest BCUT2D eigenvalue weighted by atomic mass is 10.1. The van der Waals surface area contributed by atoms with E-state index in [1.807, 2.05) is 0 Å². The molecule has 1 aliphatic rings. The van der Waals surface area contributed by atoms with Crippen molar-refractivity contribution in [2.45, 2.75) is 43.7 Å². The second kappa shape index (κ2) is 5.93. The highest BCUT2D eigenvalue weighted by molar-refractivity contribution is 5.77. The zero-order valence-corrected chi connectivity index (χ0v) is 10.2. The van der Waals surface area contributed by atoms with E-state index in [1.165, 1.54) is 0 Å². The number of carboxylic acids is 1. The van der Waals surface area contributed by atoms with Gasteiger partial charge in [-0.15, -0.1) is 0 Å². The highest BCUT2D eigenvalue weighted by Crippen LogP contribution is 2.32. The predicted octanol–water partition coefficient (Wildman–Crippen LogP) is 0.328. The maximum Gasteiger partial charge on any atom is 0.320 e. The van der Waals surface area contributed by atoms with Crippen LogP contribution in [-0.2, 0) is 9.59 Å². The summed E-state index contributed by atoms with van der Waals surface area (Å²) in [5.41, 5.74) is 5.26. The molecular formula is C11H15F2N3O3. The summed E-state index contributed by atoms with van der Waals surface area (Å²) in [5, 5.41) is 17.3. The van der Waals surface area contributed by atoms with Gasteiger partial charge in [-0.25, -0.2) is 8.78 Å². The maximum atomic E-state index is 13.1. The molecule has 8 heteroatoms. The summed E-state index contributed by atoms with van der Waals surface area (Å²) in [4.78, 5) is 23.0. The van der Waals surface area contributed by atoms with Gasteiger partial charge in [0.15, 0.2) is 0 Å². The first-order valence-electron chi connectivity index (χ1n) is 5.82. The molecule has 0 unspecified atom stereocenters. The van der Waals surface area contributed by atoms with Crippen molar-refractivity contribution in [2.24, 2.45) is 5.73 Å². The average molecular weight is 275 g/mol. The number of nitriles is 1. The molecular weight excluding hydrogens is 260 g/mol. The molecule has 0 bridgehead atoms. The Hall–Kier alpha value is -1.75. The summed E-state index contributed by atoms with van der Waals surface area (Å²) >= 11 is 0. The Kier molecular flexibility index (Phi) is 4.78. The van der Waals surface area contributed by atoms with Crippen LogP contribution in [0.1, 0.15) is 25.7 Å². The summed E-state index contributed by atoms with van der Waals surface area (Å²) in [6.07, 6.45) is -0.464. The zero-order valence-electron chi connectivity index (χ0n) is 10.2. The van der Waals surface area contributed by atoms with E-state index in [0.29, 0.717) is 0 Å². The van der Waals surface area contributed by atoms with Crippen LogP contribution in [0.5, 0.6) is 0 Å². The van der Waals surface area contributed by atoms with Gasteiger partial charge in [0.1, 0.15) is 12.1 Å². The van der Waals surface area contributed by atoms with Gasteiger partial charge in [0, 0.05) is 12.8 Å². The number of nitrogens with two attached hydrogens (primary N) is 1. The van der Waals surface area contributed by atoms with E-state index >= 15 is 0 Å². The number of aliphatic carboxylic acids is 1. The van der Waals surface area contributed by atoms with E-state index in [9.17, 15) is 18.4 Å². The number of alkyl halides is 2. The SMILES string of the molecule is N#C[C@@H]1CC(F)(F)CN1C(=O)CCC[C@H](N)C(=O)O. The van der Waals surface area contributed by atoms with E-state index in [1.54, 1.807) is 6.07 Å². The summed E-state index contributed by atoms with van der Waals surface area (Å²) < 4.78 is 26.2. The number of rotatable bonds is 5. The van der Waals surface area contributed by atoms with E-state index in [2.05, 4.69) is 0 Å². The first kappa shape index (κ1) is 15.3. The number of nitrogens with zero attached hydrogens (tertiary/aromatic N) is 2. The number of carbonyl (C=O) groups excluding carboxylic acids is 1. The third-order valence-corrected chi connectivity index (χ3v) is 2.96. The van der Waals surface area contributed by atoms with E-state index in [4.69, 9.17) is 16.1 Å². The fraction of sp³-hybridized carbons (Fsp3) is 0.727. The van der Waals surface area contributed by atoms with Crippen molar-refractivity contribution in [3.8, 4) is 6.07 Å². The van der Waals surface area contributed by atoms with Crippen molar-refractivity contribution in [1.29, 1.82) is 5.26 Å². The number of amides is 1. The van der Waals surface area contributed by atoms with E-state index < -0.39 is 42.8 Å². The van der Waals surface area contributed by atoms with Crippen LogP contribution in [0, 0.1) is 11.3 Å². The van der Waals surface area contributed by atoms with E-state index in [-0.39, 0.29) is 19.3 Å². The highest BCUT2D eigenvalue weighted by atomic mass is 19.3. The van der Waals surface area contributed by atoms with Crippen LogP contribution in [0.2, 0.25) is 0 Å². The van der Waals surface area contributed by atoms with Crippen LogP contribution in [0.4, 0.5) is 8.78 Å². The molecule has 2 atom stereocenters. The first-order chi connectivity index (χ1) is 8.76. The van der Waals surface area contributed by atoms with Gasteiger partial charge in [0.2, 0.25) is 5.91 Å². The van der Waals surface area contributed by atoms with Crippen molar-refractivity contribution in [3.05, 3.63) is 0 Å². The van der Waals surface area contributed by atoms with Crippen LogP contribution in [0.3, 0.4) is 0 Å². The zero-order chi connectivity index (χ0) is 14.6. The fourth-order valence-electron chi connectivity index (χ4n) is 1.93. The summed E-state index contributed by atoms with van der Waals surface area (Å²) in [5.74, 6) is -4.77. The molecule has 0 aromatic rings. The molecule has 1 amide bonds. The second-order valence-corrected chi connectivity index (χ2v) is 4.56. The monoisotopic (exact) mass is 275 g/mol. The minimum atomic E-state index is -3.03. The Bertz CT molecular complexity index is 408. The molecule has 0 saturated carbocycles. The molecule has 0 aromatic heterocycles. The number of hydrogen-bond acceptors (Lipinski definition) is 4. The first-order valence-corrected chi connectivity index (χ1v) is 5.82. The van der Waals surface area contributed by atoms with Crippen LogP contribution < -0.4 is 5.73 Å². The largest absolute Gasteiger partial charge is 0.480 e. The van der Waals surface area contributed by atoms with Gasteiger partial charge in [-0.1, -0.05) is 0 Å². The smallest absolute Gasteiger partial charge is 0.320 e. The average Bonchev–Trinajstić information content (AvgIpc) is 2.64. The summed E-state index contributed by atoms with van der Waals surface area (Å²) in [6, 6.07) is -0.511. The van der Waals surface area contributed by atoms with Gasteiger partial charge in [-0.2, -0.15) is 5.26 Å². The Balaban J connectivity index is 2.46. The standard InChI is InChI=1S/C11H15F2N3O3/c12-11(13)4-7(5-14)16(6-11)9(17)3-1-2-8(15)10(18)19/h7-8H,1-4,6,15H2,(H,18,19)/t7-,8-/m0/s1. The van der Waals surface area contributed by atoms with Crippen LogP contribution >= 0.6 is 0 Å². The molecule has 3 N–H and O–H groups in total. The Morgan fingerprint density at radius 1 is 1.58 bits per heavy atom. The van der Waals surface area contributed by atoms with Crippen molar-refractivity contribution < 1.29 is 23.5 Å². The van der Waals surface area contributed by atoms with Crippen molar-refractivity contribution >= 4 is 11.9 Å². The van der Waals surface area contributed by atoms with Gasteiger partial charge < -0.3 is 15.7 Å². The topological polar surface area (TPSA) is 107 Å². The lowest BCUT2D eigenvalue weighted by Gasteiger charge is -2.19. The molecule has 0 aromatic carbocycles. The number of halogens is 2. The quantitative estimate of drug-likeness (QED) is 0.751. The molecule has 0 spiro atoms. The van der Waals surface area contributed by atoms with Crippen LogP contribution in [-0.4, -0.2) is 46.4 Å². The molecule has 19 heavy (non-hydrogen) atoms. The van der Waals surface area contributed by atoms with Crippen molar-refractivity contribution in [1.82, 2.24) is 4.90 Å². The molecule has 1 fully saturated rings. The molecule has 106 valence electrons. The van der Waals surface area contributed by atoms with Crippen LogP contribution in [0.25, 0.3) is 0 Å². The minimum Gasteiger partial charge on any atom is -0.480 e. The molecule has 6 nitrogen and oxygen atoms in total. The molecule has 1 aliphatic heterocycles. The third kappa shape index (κ3) is 4.13. The summed E-state index contributed by atoms with van der Waals surface area (Å²) in [7, 11) is 0. The highest BCUT2D eigenvalue weighted by Gasteiger charge is 2.46. The Morgan fingerprint density at radius 3 is 2.74 bits per heavy atom. The van der Waals surface area contributed by atoms with Gasteiger partial charge in [-0.3, -0.25) is 9.59 Å². The lowest BCUT2D eigenvalue weighted by Crippen LogP contribution is -2.36. The lowest BCUT2D eigenvalue weighted by molar-refractivity contribution is -0.139. The number of hydrogen-bond donors (Lipinski definition) is 2. The Morgan fingerprint density at radius 2 is 2.21 bits per heavy atom. The van der Waals surface area contributed by atoms with Gasteiger partial charge in [0.05, 0.1) is 12.6 Å². The van der Waals surface area contributed by atoms with Crippen LogP contribution in [0.15, 0.2) is 0 Å². The number of carbonyl (C=O) groups is 2. The van der Waals surface area contributed by atoms with Gasteiger partial charge >= 0.3 is 5.97 Å². The van der Waals surface area contributed by atoms with Gasteiger partial charge in [0.25, 0.3) is 5.92 Å². The van der Waals surface area contributed by atoms with E-state index in [0.717, 1.165) is 4.90 Å². The third-order valence-electron chi connectivity index (χ3n) is 2.96.